The van der Waals surface area contributed by atoms with Gasteiger partial charge in [0.1, 0.15) is 12.3 Å². The van der Waals surface area contributed by atoms with Gasteiger partial charge in [0.25, 0.3) is 0 Å². The molecule has 0 heterocycles. The number of hydrogen-bond donors (Lipinski definition) is 1. The van der Waals surface area contributed by atoms with E-state index in [0.717, 1.165) is 11.3 Å². The minimum absolute atomic E-state index is 0.123. The van der Waals surface area contributed by atoms with Gasteiger partial charge < -0.3 is 14.7 Å². The fraction of sp³-hybridized carbons (Fsp3) is 0.500. The average Bonchev–Trinajstić information content (AvgIpc) is 2.43. The number of methoxy groups -OCH3 is 1. The van der Waals surface area contributed by atoms with Crippen molar-refractivity contribution < 1.29 is 19.4 Å². The molecule has 0 atom stereocenters. The third-order valence-electron chi connectivity index (χ3n) is 3.05. The van der Waals surface area contributed by atoms with Gasteiger partial charge in [0.05, 0.1) is 7.11 Å². The first kappa shape index (κ1) is 17.0. The Bertz CT molecular complexity index is 468. The molecule has 0 spiro atoms. The van der Waals surface area contributed by atoms with Crippen molar-refractivity contribution in [1.29, 1.82) is 0 Å². The lowest BCUT2D eigenvalue weighted by atomic mass is 10.1. The van der Waals surface area contributed by atoms with E-state index in [2.05, 4.69) is 0 Å². The predicted octanol–water partition coefficient (Wildman–Crippen LogP) is 2.20. The Morgan fingerprint density at radius 2 is 1.86 bits per heavy atom. The van der Waals surface area contributed by atoms with E-state index in [-0.39, 0.29) is 18.4 Å². The molecule has 0 aliphatic carbocycles. The van der Waals surface area contributed by atoms with E-state index < -0.39 is 5.97 Å². The molecule has 1 aromatic rings. The molecule has 0 aromatic heterocycles. The number of carboxylic acid groups (broad SMARTS) is 1. The second-order valence-corrected chi connectivity index (χ2v) is 5.41. The summed E-state index contributed by atoms with van der Waals surface area (Å²) < 4.78 is 5.08. The SMILES string of the molecule is COc1ccc(CCC(=O)N(CC(=O)O)CC(C)C)cc1. The highest BCUT2D eigenvalue weighted by atomic mass is 16.5. The van der Waals surface area contributed by atoms with Crippen molar-refractivity contribution in [2.75, 3.05) is 20.2 Å². The predicted molar refractivity (Wildman–Crippen MR) is 80.4 cm³/mol. The molecule has 116 valence electrons. The van der Waals surface area contributed by atoms with E-state index in [1.165, 1.54) is 4.90 Å². The second kappa shape index (κ2) is 8.29. The quantitative estimate of drug-likeness (QED) is 0.798. The molecule has 0 radical (unpaired) electrons. The Labute approximate surface area is 125 Å². The number of hydrogen-bond acceptors (Lipinski definition) is 3. The summed E-state index contributed by atoms with van der Waals surface area (Å²) in [6, 6.07) is 7.53. The van der Waals surface area contributed by atoms with E-state index in [4.69, 9.17) is 9.84 Å². The Kier molecular flexibility index (Phi) is 6.72. The molecular weight excluding hydrogens is 270 g/mol. The van der Waals surface area contributed by atoms with Gasteiger partial charge in [0, 0.05) is 13.0 Å². The number of benzene rings is 1. The summed E-state index contributed by atoms with van der Waals surface area (Å²) in [5, 5.41) is 8.88. The summed E-state index contributed by atoms with van der Waals surface area (Å²) >= 11 is 0. The molecule has 5 nitrogen and oxygen atoms in total. The fourth-order valence-corrected chi connectivity index (χ4v) is 2.06. The van der Waals surface area contributed by atoms with Crippen molar-refractivity contribution in [2.24, 2.45) is 5.92 Å². The number of aliphatic carboxylic acids is 1. The first-order valence-electron chi connectivity index (χ1n) is 7.05. The zero-order valence-electron chi connectivity index (χ0n) is 12.8. The molecular formula is C16H23NO4. The van der Waals surface area contributed by atoms with E-state index >= 15 is 0 Å². The molecule has 1 aromatic carbocycles. The maximum Gasteiger partial charge on any atom is 0.323 e. The van der Waals surface area contributed by atoms with Crippen LogP contribution in [0.3, 0.4) is 0 Å². The fourth-order valence-electron chi connectivity index (χ4n) is 2.06. The molecule has 1 N–H and O–H groups in total. The van der Waals surface area contributed by atoms with Gasteiger partial charge in [0.2, 0.25) is 5.91 Å². The van der Waals surface area contributed by atoms with Crippen LogP contribution in [-0.4, -0.2) is 42.1 Å². The van der Waals surface area contributed by atoms with E-state index in [1.54, 1.807) is 7.11 Å². The van der Waals surface area contributed by atoms with Crippen LogP contribution in [0.25, 0.3) is 0 Å². The number of carbonyl (C=O) groups excluding carboxylic acids is 1. The third-order valence-corrected chi connectivity index (χ3v) is 3.05. The maximum atomic E-state index is 12.1. The van der Waals surface area contributed by atoms with Crippen LogP contribution in [0.4, 0.5) is 0 Å². The van der Waals surface area contributed by atoms with E-state index in [9.17, 15) is 9.59 Å². The second-order valence-electron chi connectivity index (χ2n) is 5.41. The molecule has 0 unspecified atom stereocenters. The largest absolute Gasteiger partial charge is 0.497 e. The normalized spacial score (nSPS) is 10.5. The van der Waals surface area contributed by atoms with Crippen molar-refractivity contribution in [3.8, 4) is 5.75 Å². The molecule has 0 bridgehead atoms. The Morgan fingerprint density at radius 1 is 1.24 bits per heavy atom. The van der Waals surface area contributed by atoms with Crippen LogP contribution in [0.15, 0.2) is 24.3 Å². The van der Waals surface area contributed by atoms with Crippen LogP contribution in [0.5, 0.6) is 5.75 Å². The highest BCUT2D eigenvalue weighted by Gasteiger charge is 2.17. The smallest absolute Gasteiger partial charge is 0.323 e. The zero-order chi connectivity index (χ0) is 15.8. The van der Waals surface area contributed by atoms with E-state index in [0.29, 0.717) is 19.4 Å². The van der Waals surface area contributed by atoms with Crippen LogP contribution in [0.1, 0.15) is 25.8 Å². The maximum absolute atomic E-state index is 12.1. The summed E-state index contributed by atoms with van der Waals surface area (Å²) in [7, 11) is 1.61. The minimum Gasteiger partial charge on any atom is -0.497 e. The first-order valence-corrected chi connectivity index (χ1v) is 7.05. The molecule has 1 rings (SSSR count). The monoisotopic (exact) mass is 293 g/mol. The first-order chi connectivity index (χ1) is 9.92. The van der Waals surface area contributed by atoms with Gasteiger partial charge in [-0.1, -0.05) is 26.0 Å². The molecule has 0 aliphatic rings. The van der Waals surface area contributed by atoms with Crippen LogP contribution in [-0.2, 0) is 16.0 Å². The van der Waals surface area contributed by atoms with Crippen LogP contribution in [0.2, 0.25) is 0 Å². The van der Waals surface area contributed by atoms with Crippen molar-refractivity contribution in [3.05, 3.63) is 29.8 Å². The van der Waals surface area contributed by atoms with Crippen LogP contribution in [0, 0.1) is 5.92 Å². The lowest BCUT2D eigenvalue weighted by Crippen LogP contribution is -2.38. The number of carbonyl (C=O) groups is 2. The summed E-state index contributed by atoms with van der Waals surface area (Å²) in [4.78, 5) is 24.4. The molecule has 0 fully saturated rings. The highest BCUT2D eigenvalue weighted by molar-refractivity contribution is 5.81. The molecule has 0 saturated carbocycles. The van der Waals surface area contributed by atoms with Crippen LogP contribution < -0.4 is 4.74 Å². The van der Waals surface area contributed by atoms with Crippen molar-refractivity contribution in [2.45, 2.75) is 26.7 Å². The molecule has 5 heteroatoms. The van der Waals surface area contributed by atoms with Gasteiger partial charge in [-0.05, 0) is 30.0 Å². The summed E-state index contributed by atoms with van der Waals surface area (Å²) in [5.74, 6) is -0.0814. The van der Waals surface area contributed by atoms with Gasteiger partial charge in [-0.15, -0.1) is 0 Å². The van der Waals surface area contributed by atoms with Gasteiger partial charge in [-0.3, -0.25) is 9.59 Å². The standard InChI is InChI=1S/C16H23NO4/c1-12(2)10-17(11-16(19)20)15(18)9-6-13-4-7-14(21-3)8-5-13/h4-5,7-8,12H,6,9-11H2,1-3H3,(H,19,20). The van der Waals surface area contributed by atoms with Crippen molar-refractivity contribution in [1.82, 2.24) is 4.90 Å². The number of rotatable bonds is 8. The Morgan fingerprint density at radius 3 is 2.33 bits per heavy atom. The topological polar surface area (TPSA) is 66.8 Å². The summed E-state index contributed by atoms with van der Waals surface area (Å²) in [6.45, 7) is 4.16. The number of amides is 1. The number of nitrogens with zero attached hydrogens (tertiary/aromatic N) is 1. The van der Waals surface area contributed by atoms with Gasteiger partial charge in [0.15, 0.2) is 0 Å². The Balaban J connectivity index is 2.57. The van der Waals surface area contributed by atoms with Gasteiger partial charge in [-0.25, -0.2) is 0 Å². The van der Waals surface area contributed by atoms with Gasteiger partial charge >= 0.3 is 5.97 Å². The number of aryl methyl sites for hydroxylation is 1. The number of carboxylic acids is 1. The Hall–Kier alpha value is -2.04. The van der Waals surface area contributed by atoms with Gasteiger partial charge in [-0.2, -0.15) is 0 Å². The molecule has 0 saturated heterocycles. The summed E-state index contributed by atoms with van der Waals surface area (Å²) in [6.07, 6.45) is 0.906. The number of ether oxygens (including phenoxy) is 1. The van der Waals surface area contributed by atoms with Crippen LogP contribution >= 0.6 is 0 Å². The average molecular weight is 293 g/mol. The molecule has 21 heavy (non-hydrogen) atoms. The van der Waals surface area contributed by atoms with Crippen molar-refractivity contribution in [3.63, 3.8) is 0 Å². The lowest BCUT2D eigenvalue weighted by Gasteiger charge is -2.22. The molecule has 0 aliphatic heterocycles. The van der Waals surface area contributed by atoms with E-state index in [1.807, 2.05) is 38.1 Å². The molecule has 1 amide bonds. The summed E-state index contributed by atoms with van der Waals surface area (Å²) in [5.41, 5.74) is 1.03. The van der Waals surface area contributed by atoms with Crippen molar-refractivity contribution >= 4 is 11.9 Å². The minimum atomic E-state index is -0.978. The zero-order valence-corrected chi connectivity index (χ0v) is 12.8. The third kappa shape index (κ3) is 6.29. The lowest BCUT2D eigenvalue weighted by molar-refractivity contribution is -0.144. The highest BCUT2D eigenvalue weighted by Crippen LogP contribution is 2.13.